The molecule has 1 heterocycles. The lowest BCUT2D eigenvalue weighted by Gasteiger charge is -2.29. The molecule has 4 rings (SSSR count). The Kier molecular flexibility index (Phi) is 7.20. The normalized spacial score (nSPS) is 18.6. The maximum absolute atomic E-state index is 13.2. The first-order valence-corrected chi connectivity index (χ1v) is 12.0. The van der Waals surface area contributed by atoms with E-state index in [9.17, 15) is 4.79 Å². The van der Waals surface area contributed by atoms with Crippen molar-refractivity contribution in [2.75, 3.05) is 7.11 Å². The molecule has 0 aromatic heterocycles. The second-order valence-electron chi connectivity index (χ2n) is 7.64. The molecule has 2 aromatic rings. The van der Waals surface area contributed by atoms with E-state index in [1.807, 2.05) is 53.4 Å². The van der Waals surface area contributed by atoms with Crippen LogP contribution < -0.4 is 9.47 Å². The van der Waals surface area contributed by atoms with Crippen molar-refractivity contribution < 1.29 is 14.3 Å². The maximum Gasteiger partial charge on any atom is 0.266 e. The number of para-hydroxylation sites is 1. The average molecular weight is 474 g/mol. The van der Waals surface area contributed by atoms with Gasteiger partial charge >= 0.3 is 0 Å². The fourth-order valence-electron chi connectivity index (χ4n) is 3.97. The number of thiocarbonyl (C=S) groups is 1. The molecule has 2 fully saturated rings. The van der Waals surface area contributed by atoms with Crippen LogP contribution in [0, 0.1) is 0 Å². The van der Waals surface area contributed by atoms with E-state index in [1.165, 1.54) is 18.2 Å². The Labute approximate surface area is 197 Å². The second-order valence-corrected chi connectivity index (χ2v) is 9.75. The van der Waals surface area contributed by atoms with Crippen molar-refractivity contribution >= 4 is 51.9 Å². The molecule has 0 spiro atoms. The second kappa shape index (κ2) is 10.1. The fraction of sp³-hybridized carbons (Fsp3) is 0.333. The van der Waals surface area contributed by atoms with Crippen molar-refractivity contribution in [3.8, 4) is 11.5 Å². The summed E-state index contributed by atoms with van der Waals surface area (Å²) < 4.78 is 12.3. The highest BCUT2D eigenvalue weighted by Gasteiger charge is 2.37. The number of ether oxygens (including phenoxy) is 2. The topological polar surface area (TPSA) is 38.8 Å². The highest BCUT2D eigenvalue weighted by molar-refractivity contribution is 8.26. The van der Waals surface area contributed by atoms with Gasteiger partial charge in [0.05, 0.1) is 12.0 Å². The lowest BCUT2D eigenvalue weighted by molar-refractivity contribution is -0.124. The van der Waals surface area contributed by atoms with Crippen LogP contribution >= 0.6 is 35.6 Å². The lowest BCUT2D eigenvalue weighted by Crippen LogP contribution is -2.39. The molecule has 2 aliphatic rings. The monoisotopic (exact) mass is 473 g/mol. The number of nitrogens with zero attached hydrogens (tertiary/aromatic N) is 1. The molecule has 2 aromatic carbocycles. The minimum absolute atomic E-state index is 0.00614. The van der Waals surface area contributed by atoms with E-state index in [-0.39, 0.29) is 11.9 Å². The van der Waals surface area contributed by atoms with E-state index in [2.05, 4.69) is 0 Å². The summed E-state index contributed by atoms with van der Waals surface area (Å²) in [6.45, 7) is 0.363. The molecule has 7 heteroatoms. The van der Waals surface area contributed by atoms with Crippen molar-refractivity contribution in [3.63, 3.8) is 0 Å². The van der Waals surface area contributed by atoms with Crippen molar-refractivity contribution in [2.24, 2.45) is 0 Å². The Morgan fingerprint density at radius 2 is 1.90 bits per heavy atom. The number of rotatable bonds is 6. The van der Waals surface area contributed by atoms with Crippen LogP contribution in [-0.2, 0) is 11.4 Å². The van der Waals surface area contributed by atoms with Crippen LogP contribution in [0.1, 0.15) is 43.2 Å². The van der Waals surface area contributed by atoms with E-state index in [1.54, 1.807) is 7.11 Å². The van der Waals surface area contributed by atoms with Crippen LogP contribution in [-0.4, -0.2) is 28.3 Å². The molecule has 1 aliphatic carbocycles. The van der Waals surface area contributed by atoms with Gasteiger partial charge < -0.3 is 9.47 Å². The van der Waals surface area contributed by atoms with Crippen molar-refractivity contribution in [2.45, 2.75) is 44.8 Å². The van der Waals surface area contributed by atoms with Gasteiger partial charge in [-0.15, -0.1) is 0 Å². The van der Waals surface area contributed by atoms with E-state index < -0.39 is 0 Å². The number of methoxy groups -OCH3 is 1. The minimum atomic E-state index is -0.00614. The molecule has 0 unspecified atom stereocenters. The van der Waals surface area contributed by atoms with Crippen LogP contribution in [0.2, 0.25) is 5.02 Å². The highest BCUT2D eigenvalue weighted by atomic mass is 35.5. The zero-order chi connectivity index (χ0) is 21.8. The Morgan fingerprint density at radius 1 is 1.16 bits per heavy atom. The van der Waals surface area contributed by atoms with E-state index >= 15 is 0 Å². The molecule has 0 N–H and O–H groups in total. The van der Waals surface area contributed by atoms with Crippen LogP contribution in [0.5, 0.6) is 11.5 Å². The summed E-state index contributed by atoms with van der Waals surface area (Å²) in [5.74, 6) is 1.21. The molecule has 31 heavy (non-hydrogen) atoms. The number of carbonyl (C=O) groups excluding carboxylic acids is 1. The summed E-state index contributed by atoms with van der Waals surface area (Å²) in [7, 11) is 1.61. The first-order chi connectivity index (χ1) is 15.1. The molecule has 1 saturated carbocycles. The number of hydrogen-bond donors (Lipinski definition) is 0. The quantitative estimate of drug-likeness (QED) is 0.355. The molecule has 162 valence electrons. The average Bonchev–Trinajstić information content (AvgIpc) is 3.07. The van der Waals surface area contributed by atoms with E-state index in [4.69, 9.17) is 33.3 Å². The Morgan fingerprint density at radius 3 is 2.61 bits per heavy atom. The minimum Gasteiger partial charge on any atom is -0.493 e. The Hall–Kier alpha value is -2.02. The van der Waals surface area contributed by atoms with Gasteiger partial charge in [-0.25, -0.2) is 0 Å². The summed E-state index contributed by atoms with van der Waals surface area (Å²) >= 11 is 12.9. The molecule has 1 aliphatic heterocycles. The third kappa shape index (κ3) is 5.08. The van der Waals surface area contributed by atoms with Gasteiger partial charge in [0.25, 0.3) is 5.91 Å². The van der Waals surface area contributed by atoms with Gasteiger partial charge in [0.15, 0.2) is 11.5 Å². The number of thioether (sulfide) groups is 1. The fourth-order valence-corrected chi connectivity index (χ4v) is 5.49. The molecule has 1 saturated heterocycles. The summed E-state index contributed by atoms with van der Waals surface area (Å²) in [6.07, 6.45) is 7.45. The Balaban J connectivity index is 1.58. The van der Waals surface area contributed by atoms with Gasteiger partial charge in [0.2, 0.25) is 0 Å². The zero-order valence-corrected chi connectivity index (χ0v) is 19.7. The third-order valence-corrected chi connectivity index (χ3v) is 7.16. The smallest absolute Gasteiger partial charge is 0.266 e. The summed E-state index contributed by atoms with van der Waals surface area (Å²) in [5.41, 5.74) is 1.78. The molecule has 1 amide bonds. The van der Waals surface area contributed by atoms with Gasteiger partial charge in [-0.3, -0.25) is 9.69 Å². The largest absolute Gasteiger partial charge is 0.493 e. The maximum atomic E-state index is 13.2. The van der Waals surface area contributed by atoms with Gasteiger partial charge in [-0.1, -0.05) is 79.1 Å². The van der Waals surface area contributed by atoms with Crippen LogP contribution in [0.4, 0.5) is 0 Å². The number of carbonyl (C=O) groups is 1. The van der Waals surface area contributed by atoms with Gasteiger partial charge in [0.1, 0.15) is 10.9 Å². The van der Waals surface area contributed by atoms with Crippen LogP contribution in [0.25, 0.3) is 6.08 Å². The molecule has 4 nitrogen and oxygen atoms in total. The van der Waals surface area contributed by atoms with E-state index in [0.717, 1.165) is 36.8 Å². The highest BCUT2D eigenvalue weighted by Crippen LogP contribution is 2.40. The van der Waals surface area contributed by atoms with Crippen LogP contribution in [0.3, 0.4) is 0 Å². The summed E-state index contributed by atoms with van der Waals surface area (Å²) in [5, 5.41) is 0.682. The summed E-state index contributed by atoms with van der Waals surface area (Å²) in [4.78, 5) is 15.6. The number of amides is 1. The number of hydrogen-bond acceptors (Lipinski definition) is 5. The standard InChI is InChI=1S/C24H24ClNO3S2/c1-28-20-9-5-6-17(22(20)29-15-16-10-12-18(25)13-11-16)14-21-23(27)26(24(30)31-21)19-7-3-2-4-8-19/h5-6,9-14,19H,2-4,7-8,15H2,1H3/b21-14-. The van der Waals surface area contributed by atoms with Crippen molar-refractivity contribution in [1.82, 2.24) is 4.90 Å². The van der Waals surface area contributed by atoms with Crippen molar-refractivity contribution in [1.29, 1.82) is 0 Å². The predicted molar refractivity (Wildman–Crippen MR) is 131 cm³/mol. The molecular weight excluding hydrogens is 450 g/mol. The van der Waals surface area contributed by atoms with E-state index in [0.29, 0.717) is 32.4 Å². The third-order valence-electron chi connectivity index (χ3n) is 5.58. The van der Waals surface area contributed by atoms with Gasteiger partial charge in [-0.05, 0) is 42.7 Å². The summed E-state index contributed by atoms with van der Waals surface area (Å²) in [6, 6.07) is 13.4. The Bertz CT molecular complexity index is 1000. The van der Waals surface area contributed by atoms with Crippen LogP contribution in [0.15, 0.2) is 47.4 Å². The predicted octanol–water partition coefficient (Wildman–Crippen LogP) is 6.46. The van der Waals surface area contributed by atoms with Crippen molar-refractivity contribution in [3.05, 3.63) is 63.5 Å². The zero-order valence-electron chi connectivity index (χ0n) is 17.3. The SMILES string of the molecule is COc1cccc(/C=C2\SC(=S)N(C3CCCCC3)C2=O)c1OCc1ccc(Cl)cc1. The van der Waals surface area contributed by atoms with Gasteiger partial charge in [-0.2, -0.15) is 0 Å². The lowest BCUT2D eigenvalue weighted by atomic mass is 9.94. The molecular formula is C24H24ClNO3S2. The first-order valence-electron chi connectivity index (χ1n) is 10.4. The molecule has 0 radical (unpaired) electrons. The first kappa shape index (κ1) is 22.2. The van der Waals surface area contributed by atoms with Gasteiger partial charge in [0, 0.05) is 16.6 Å². The number of benzene rings is 2. The number of halogens is 1. The molecule has 0 atom stereocenters. The molecule has 0 bridgehead atoms.